The zero-order valence-electron chi connectivity index (χ0n) is 11.6. The predicted molar refractivity (Wildman–Crippen MR) is 70.6 cm³/mol. The van der Waals surface area contributed by atoms with Crippen molar-refractivity contribution in [2.45, 2.75) is 40.5 Å². The lowest BCUT2D eigenvalue weighted by Crippen LogP contribution is -2.20. The van der Waals surface area contributed by atoms with E-state index in [1.54, 1.807) is 13.0 Å². The maximum absolute atomic E-state index is 11.5. The van der Waals surface area contributed by atoms with Crippen LogP contribution in [0.4, 0.5) is 0 Å². The van der Waals surface area contributed by atoms with Gasteiger partial charge in [-0.05, 0) is 38.0 Å². The number of nitriles is 1. The molecule has 1 unspecified atom stereocenters. The van der Waals surface area contributed by atoms with Crippen LogP contribution in [0.5, 0.6) is 0 Å². The van der Waals surface area contributed by atoms with Crippen LogP contribution in [0.1, 0.15) is 40.5 Å². The van der Waals surface area contributed by atoms with Crippen molar-refractivity contribution < 1.29 is 9.53 Å². The predicted octanol–water partition coefficient (Wildman–Crippen LogP) is 3.38. The Bertz CT molecular complexity index is 424. The molecule has 3 nitrogen and oxygen atoms in total. The van der Waals surface area contributed by atoms with Crippen molar-refractivity contribution in [3.63, 3.8) is 0 Å². The van der Waals surface area contributed by atoms with Gasteiger partial charge in [-0.15, -0.1) is 0 Å². The van der Waals surface area contributed by atoms with E-state index < -0.39 is 5.97 Å². The van der Waals surface area contributed by atoms with E-state index in [1.807, 2.05) is 6.07 Å². The minimum atomic E-state index is -0.513. The number of hydrogen-bond donors (Lipinski definition) is 0. The summed E-state index contributed by atoms with van der Waals surface area (Å²) in [5.41, 5.74) is 1.65. The molecule has 0 spiro atoms. The molecule has 0 aromatic heterocycles. The van der Waals surface area contributed by atoms with Crippen molar-refractivity contribution >= 4 is 5.97 Å². The molecule has 1 aliphatic carbocycles. The standard InChI is InChI=1S/C15H21NO2/c1-5-18-14(17)12(10-16)7-9-13-8-6-11(2)15(13,3)4/h6-7,13H,5,8-9H2,1-4H3. The summed E-state index contributed by atoms with van der Waals surface area (Å²) in [6, 6.07) is 1.92. The van der Waals surface area contributed by atoms with Gasteiger partial charge in [-0.1, -0.05) is 31.6 Å². The van der Waals surface area contributed by atoms with Crippen LogP contribution >= 0.6 is 0 Å². The van der Waals surface area contributed by atoms with Crippen LogP contribution in [-0.2, 0) is 9.53 Å². The van der Waals surface area contributed by atoms with Gasteiger partial charge >= 0.3 is 5.97 Å². The number of nitrogens with zero attached hydrogens (tertiary/aromatic N) is 1. The van der Waals surface area contributed by atoms with Gasteiger partial charge in [-0.3, -0.25) is 0 Å². The molecule has 0 amide bonds. The Morgan fingerprint density at radius 3 is 2.78 bits per heavy atom. The topological polar surface area (TPSA) is 50.1 Å². The summed E-state index contributed by atoms with van der Waals surface area (Å²) >= 11 is 0. The van der Waals surface area contributed by atoms with E-state index >= 15 is 0 Å². The van der Waals surface area contributed by atoms with Crippen molar-refractivity contribution in [3.8, 4) is 6.07 Å². The molecule has 0 aromatic carbocycles. The smallest absolute Gasteiger partial charge is 0.348 e. The van der Waals surface area contributed by atoms with Gasteiger partial charge in [0.2, 0.25) is 0 Å². The second-order valence-electron chi connectivity index (χ2n) is 5.23. The summed E-state index contributed by atoms with van der Waals surface area (Å²) in [5, 5.41) is 8.95. The van der Waals surface area contributed by atoms with Crippen LogP contribution in [0.15, 0.2) is 23.3 Å². The summed E-state index contributed by atoms with van der Waals surface area (Å²) in [5.74, 6) is -0.0595. The molecule has 0 fully saturated rings. The normalized spacial score (nSPS) is 22.3. The molecule has 0 aromatic rings. The molecule has 0 N–H and O–H groups in total. The number of hydrogen-bond acceptors (Lipinski definition) is 3. The van der Waals surface area contributed by atoms with E-state index in [1.165, 1.54) is 5.57 Å². The molecule has 0 radical (unpaired) electrons. The van der Waals surface area contributed by atoms with Crippen LogP contribution in [-0.4, -0.2) is 12.6 Å². The number of carbonyl (C=O) groups is 1. The van der Waals surface area contributed by atoms with Crippen molar-refractivity contribution in [2.75, 3.05) is 6.61 Å². The van der Waals surface area contributed by atoms with Gasteiger partial charge in [0, 0.05) is 0 Å². The van der Waals surface area contributed by atoms with Crippen molar-refractivity contribution in [1.82, 2.24) is 0 Å². The quantitative estimate of drug-likeness (QED) is 0.331. The molecule has 98 valence electrons. The lowest BCUT2D eigenvalue weighted by molar-refractivity contribution is -0.138. The molecule has 1 rings (SSSR count). The number of ether oxygens (including phenoxy) is 1. The van der Waals surface area contributed by atoms with E-state index in [-0.39, 0.29) is 11.0 Å². The minimum absolute atomic E-state index is 0.122. The van der Waals surface area contributed by atoms with Gasteiger partial charge in [0.05, 0.1) is 6.61 Å². The lowest BCUT2D eigenvalue weighted by atomic mass is 9.76. The minimum Gasteiger partial charge on any atom is -0.462 e. The highest BCUT2D eigenvalue weighted by Crippen LogP contribution is 2.44. The third kappa shape index (κ3) is 3.01. The van der Waals surface area contributed by atoms with E-state index in [0.29, 0.717) is 12.5 Å². The molecule has 18 heavy (non-hydrogen) atoms. The van der Waals surface area contributed by atoms with E-state index in [4.69, 9.17) is 10.00 Å². The number of allylic oxidation sites excluding steroid dienone is 3. The first-order valence-electron chi connectivity index (χ1n) is 6.38. The van der Waals surface area contributed by atoms with Gasteiger partial charge in [0.15, 0.2) is 0 Å². The van der Waals surface area contributed by atoms with Crippen LogP contribution in [0.2, 0.25) is 0 Å². The van der Waals surface area contributed by atoms with Crippen LogP contribution < -0.4 is 0 Å². The SMILES string of the molecule is CCOC(=O)C(C#N)=CCC1CC=C(C)C1(C)C. The highest BCUT2D eigenvalue weighted by atomic mass is 16.5. The molecule has 0 saturated carbocycles. The fourth-order valence-corrected chi connectivity index (χ4v) is 2.23. The molecule has 1 aliphatic rings. The average molecular weight is 247 g/mol. The van der Waals surface area contributed by atoms with Crippen molar-refractivity contribution in [2.24, 2.45) is 11.3 Å². The zero-order valence-corrected chi connectivity index (χ0v) is 11.6. The van der Waals surface area contributed by atoms with Gasteiger partial charge < -0.3 is 4.74 Å². The fraction of sp³-hybridized carbons (Fsp3) is 0.600. The molecule has 0 saturated heterocycles. The van der Waals surface area contributed by atoms with E-state index in [0.717, 1.165) is 12.8 Å². The van der Waals surface area contributed by atoms with Gasteiger partial charge in [-0.25, -0.2) is 4.79 Å². The Labute approximate surface area is 109 Å². The molecular formula is C15H21NO2. The van der Waals surface area contributed by atoms with Crippen LogP contribution in [0, 0.1) is 22.7 Å². The largest absolute Gasteiger partial charge is 0.462 e. The summed E-state index contributed by atoms with van der Waals surface area (Å²) in [7, 11) is 0. The second-order valence-corrected chi connectivity index (χ2v) is 5.23. The first-order valence-corrected chi connectivity index (χ1v) is 6.38. The Balaban J connectivity index is 2.70. The van der Waals surface area contributed by atoms with E-state index in [2.05, 4.69) is 26.8 Å². The summed E-state index contributed by atoms with van der Waals surface area (Å²) in [6.07, 6.45) is 5.71. The fourth-order valence-electron chi connectivity index (χ4n) is 2.23. The molecule has 0 aliphatic heterocycles. The maximum atomic E-state index is 11.5. The molecule has 3 heteroatoms. The van der Waals surface area contributed by atoms with Gasteiger partial charge in [0.25, 0.3) is 0 Å². The Kier molecular flexibility index (Phi) is 4.72. The molecule has 1 atom stereocenters. The molecule has 0 heterocycles. The highest BCUT2D eigenvalue weighted by Gasteiger charge is 2.34. The van der Waals surface area contributed by atoms with Crippen molar-refractivity contribution in [1.29, 1.82) is 5.26 Å². The second kappa shape index (κ2) is 5.86. The number of rotatable bonds is 4. The maximum Gasteiger partial charge on any atom is 0.348 e. The average Bonchev–Trinajstić information content (AvgIpc) is 2.56. The Morgan fingerprint density at radius 2 is 2.33 bits per heavy atom. The summed E-state index contributed by atoms with van der Waals surface area (Å²) in [6.45, 7) is 8.59. The van der Waals surface area contributed by atoms with E-state index in [9.17, 15) is 4.79 Å². The Morgan fingerprint density at radius 1 is 1.67 bits per heavy atom. The summed E-state index contributed by atoms with van der Waals surface area (Å²) in [4.78, 5) is 11.5. The zero-order chi connectivity index (χ0) is 13.8. The first kappa shape index (κ1) is 14.5. The first-order chi connectivity index (χ1) is 8.43. The number of carbonyl (C=O) groups excluding carboxylic acids is 1. The Hall–Kier alpha value is -1.56. The number of esters is 1. The van der Waals surface area contributed by atoms with Gasteiger partial charge in [-0.2, -0.15) is 5.26 Å². The summed E-state index contributed by atoms with van der Waals surface area (Å²) < 4.78 is 4.84. The third-order valence-corrected chi connectivity index (χ3v) is 3.97. The van der Waals surface area contributed by atoms with Gasteiger partial charge in [0.1, 0.15) is 11.6 Å². The third-order valence-electron chi connectivity index (χ3n) is 3.97. The highest BCUT2D eigenvalue weighted by molar-refractivity contribution is 5.92. The molecular weight excluding hydrogens is 226 g/mol. The van der Waals surface area contributed by atoms with Crippen molar-refractivity contribution in [3.05, 3.63) is 23.3 Å². The monoisotopic (exact) mass is 247 g/mol. The van der Waals surface area contributed by atoms with Crippen LogP contribution in [0.3, 0.4) is 0 Å². The molecule has 0 bridgehead atoms. The van der Waals surface area contributed by atoms with Crippen LogP contribution in [0.25, 0.3) is 0 Å². The lowest BCUT2D eigenvalue weighted by Gasteiger charge is -2.28.